The number of carbonyl (C=O) groups is 1. The molecule has 2 aromatic heterocycles. The Kier molecular flexibility index (Phi) is 7.01. The van der Waals surface area contributed by atoms with Crippen LogP contribution < -0.4 is 10.2 Å². The number of nitrogens with zero attached hydrogens (tertiary/aromatic N) is 3. The highest BCUT2D eigenvalue weighted by Gasteiger charge is 2.25. The average molecular weight is 457 g/mol. The van der Waals surface area contributed by atoms with Gasteiger partial charge in [0.1, 0.15) is 11.9 Å². The lowest BCUT2D eigenvalue weighted by Crippen LogP contribution is -2.44. The number of aromatic nitrogens is 2. The maximum Gasteiger partial charge on any atom is 0.247 e. The van der Waals surface area contributed by atoms with Gasteiger partial charge in [-0.25, -0.2) is 4.98 Å². The van der Waals surface area contributed by atoms with Crippen molar-refractivity contribution in [3.05, 3.63) is 108 Å². The molecule has 4 rings (SSSR count). The summed E-state index contributed by atoms with van der Waals surface area (Å²) in [5.74, 6) is 0.596. The molecule has 33 heavy (non-hydrogen) atoms. The lowest BCUT2D eigenvalue weighted by molar-refractivity contribution is -0.117. The number of amides is 1. The monoisotopic (exact) mass is 456 g/mol. The molecule has 0 unspecified atom stereocenters. The highest BCUT2D eigenvalue weighted by Crippen LogP contribution is 2.28. The highest BCUT2D eigenvalue weighted by atomic mass is 35.5. The summed E-state index contributed by atoms with van der Waals surface area (Å²) >= 11 is 6.40. The van der Waals surface area contributed by atoms with Gasteiger partial charge >= 0.3 is 0 Å². The molecule has 0 aliphatic rings. The minimum atomic E-state index is -0.465. The Bertz CT molecular complexity index is 1230. The number of hydrogen-bond acceptors (Lipinski definition) is 4. The lowest BCUT2D eigenvalue weighted by atomic mass is 10.0. The second-order valence-corrected chi connectivity index (χ2v) is 8.34. The van der Waals surface area contributed by atoms with Crippen LogP contribution in [0.4, 0.5) is 11.5 Å². The van der Waals surface area contributed by atoms with E-state index in [2.05, 4.69) is 15.3 Å². The number of pyridine rings is 2. The second-order valence-electron chi connectivity index (χ2n) is 7.91. The molecule has 2 aromatic carbocycles. The van der Waals surface area contributed by atoms with Gasteiger partial charge in [-0.3, -0.25) is 9.78 Å². The maximum absolute atomic E-state index is 13.5. The van der Waals surface area contributed by atoms with E-state index in [1.54, 1.807) is 18.5 Å². The minimum absolute atomic E-state index is 0.133. The third-order valence-corrected chi connectivity index (χ3v) is 5.67. The summed E-state index contributed by atoms with van der Waals surface area (Å²) in [6.45, 7) is 1.94. The fourth-order valence-electron chi connectivity index (χ4n) is 3.74. The molecule has 0 saturated heterocycles. The van der Waals surface area contributed by atoms with E-state index >= 15 is 0 Å². The van der Waals surface area contributed by atoms with Crippen LogP contribution in [0.1, 0.15) is 11.3 Å². The standard InChI is InChI=1S/C27H25ClN4O/c1-19-14-21(11-13-29-19)22-16-23(28)18-24(17-22)31-27(33)25(15-20-8-4-3-5-9-20)32(2)26-10-6-7-12-30-26/h3-14,16-18,25H,15H2,1-2H3,(H,31,33)/t25-/m0/s1. The molecule has 1 atom stereocenters. The van der Waals surface area contributed by atoms with Crippen molar-refractivity contribution in [2.75, 3.05) is 17.3 Å². The third kappa shape index (κ3) is 5.76. The summed E-state index contributed by atoms with van der Waals surface area (Å²) in [5, 5.41) is 3.62. The van der Waals surface area contributed by atoms with Crippen molar-refractivity contribution in [2.24, 2.45) is 0 Å². The number of aryl methyl sites for hydroxylation is 1. The minimum Gasteiger partial charge on any atom is -0.347 e. The Hall–Kier alpha value is -3.70. The SMILES string of the molecule is Cc1cc(-c2cc(Cl)cc(NC(=O)[C@H](Cc3ccccc3)N(C)c3ccccn3)c2)ccn1. The van der Waals surface area contributed by atoms with Crippen molar-refractivity contribution in [1.29, 1.82) is 0 Å². The number of rotatable bonds is 7. The van der Waals surface area contributed by atoms with Gasteiger partial charge in [0.2, 0.25) is 5.91 Å². The zero-order chi connectivity index (χ0) is 23.2. The van der Waals surface area contributed by atoms with Crippen LogP contribution in [0.15, 0.2) is 91.3 Å². The van der Waals surface area contributed by atoms with Crippen molar-refractivity contribution in [2.45, 2.75) is 19.4 Å². The molecule has 1 amide bonds. The van der Waals surface area contributed by atoms with E-state index in [0.717, 1.165) is 28.2 Å². The molecule has 0 saturated carbocycles. The van der Waals surface area contributed by atoms with Crippen molar-refractivity contribution in [1.82, 2.24) is 9.97 Å². The Morgan fingerprint density at radius 3 is 2.45 bits per heavy atom. The average Bonchev–Trinajstić information content (AvgIpc) is 2.83. The summed E-state index contributed by atoms with van der Waals surface area (Å²) < 4.78 is 0. The molecule has 2 heterocycles. The Morgan fingerprint density at radius 2 is 1.73 bits per heavy atom. The summed E-state index contributed by atoms with van der Waals surface area (Å²) in [4.78, 5) is 24.1. The van der Waals surface area contributed by atoms with E-state index < -0.39 is 6.04 Å². The van der Waals surface area contributed by atoms with Gasteiger partial charge in [-0.1, -0.05) is 48.0 Å². The van der Waals surface area contributed by atoms with Crippen LogP contribution >= 0.6 is 11.6 Å². The molecule has 1 N–H and O–H groups in total. The molecule has 5 nitrogen and oxygen atoms in total. The van der Waals surface area contributed by atoms with Gasteiger partial charge in [-0.2, -0.15) is 0 Å². The topological polar surface area (TPSA) is 58.1 Å². The first-order valence-corrected chi connectivity index (χ1v) is 11.1. The van der Waals surface area contributed by atoms with Gasteiger partial charge < -0.3 is 10.2 Å². The molecular formula is C27H25ClN4O. The van der Waals surface area contributed by atoms with Gasteiger partial charge in [-0.05, 0) is 66.1 Å². The maximum atomic E-state index is 13.5. The second kappa shape index (κ2) is 10.3. The van der Waals surface area contributed by atoms with Crippen molar-refractivity contribution < 1.29 is 4.79 Å². The summed E-state index contributed by atoms with van der Waals surface area (Å²) in [7, 11) is 1.89. The first-order chi connectivity index (χ1) is 16.0. The van der Waals surface area contributed by atoms with Gasteiger partial charge in [0.25, 0.3) is 0 Å². The molecule has 0 spiro atoms. The van der Waals surface area contributed by atoms with Gasteiger partial charge in [0, 0.05) is 42.3 Å². The van der Waals surface area contributed by atoms with Crippen molar-refractivity contribution in [3.8, 4) is 11.1 Å². The predicted molar refractivity (Wildman–Crippen MR) is 135 cm³/mol. The predicted octanol–water partition coefficient (Wildman–Crippen LogP) is 5.79. The van der Waals surface area contributed by atoms with Gasteiger partial charge in [0.15, 0.2) is 0 Å². The third-order valence-electron chi connectivity index (χ3n) is 5.45. The first kappa shape index (κ1) is 22.5. The smallest absolute Gasteiger partial charge is 0.247 e. The van der Waals surface area contributed by atoms with Crippen LogP contribution in [0.2, 0.25) is 5.02 Å². The van der Waals surface area contributed by atoms with E-state index in [1.807, 2.05) is 91.7 Å². The summed E-state index contributed by atoms with van der Waals surface area (Å²) in [5.41, 5.74) is 4.54. The van der Waals surface area contributed by atoms with Crippen LogP contribution in [0.3, 0.4) is 0 Å². The number of benzene rings is 2. The number of likely N-dealkylation sites (N-methyl/N-ethyl adjacent to an activating group) is 1. The van der Waals surface area contributed by atoms with Crippen LogP contribution in [0.5, 0.6) is 0 Å². The Labute approximate surface area is 199 Å². The number of carbonyl (C=O) groups excluding carboxylic acids is 1. The largest absolute Gasteiger partial charge is 0.347 e. The molecule has 0 aliphatic carbocycles. The summed E-state index contributed by atoms with van der Waals surface area (Å²) in [6.07, 6.45) is 4.03. The fraction of sp³-hybridized carbons (Fsp3) is 0.148. The number of nitrogens with one attached hydrogen (secondary N) is 1. The van der Waals surface area contributed by atoms with Crippen LogP contribution in [0, 0.1) is 6.92 Å². The molecule has 0 bridgehead atoms. The molecule has 4 aromatic rings. The molecular weight excluding hydrogens is 432 g/mol. The zero-order valence-electron chi connectivity index (χ0n) is 18.6. The van der Waals surface area contributed by atoms with Gasteiger partial charge in [0.05, 0.1) is 0 Å². The highest BCUT2D eigenvalue weighted by molar-refractivity contribution is 6.31. The van der Waals surface area contributed by atoms with E-state index in [-0.39, 0.29) is 5.91 Å². The molecule has 0 radical (unpaired) electrons. The molecule has 166 valence electrons. The number of anilines is 2. The molecule has 6 heteroatoms. The van der Waals surface area contributed by atoms with E-state index in [1.165, 1.54) is 0 Å². The Morgan fingerprint density at radius 1 is 0.939 bits per heavy atom. The number of hydrogen-bond donors (Lipinski definition) is 1. The first-order valence-electron chi connectivity index (χ1n) is 10.7. The van der Waals surface area contributed by atoms with Crippen LogP contribution in [0.25, 0.3) is 11.1 Å². The molecule has 0 fully saturated rings. The quantitative estimate of drug-likeness (QED) is 0.382. The fourth-order valence-corrected chi connectivity index (χ4v) is 3.98. The lowest BCUT2D eigenvalue weighted by Gasteiger charge is -2.28. The van der Waals surface area contributed by atoms with E-state index in [9.17, 15) is 4.79 Å². The normalized spacial score (nSPS) is 11.6. The van der Waals surface area contributed by atoms with Gasteiger partial charge in [-0.15, -0.1) is 0 Å². The zero-order valence-corrected chi connectivity index (χ0v) is 19.3. The Balaban J connectivity index is 1.62. The van der Waals surface area contributed by atoms with E-state index in [0.29, 0.717) is 17.1 Å². The van der Waals surface area contributed by atoms with Crippen LogP contribution in [-0.4, -0.2) is 29.0 Å². The van der Waals surface area contributed by atoms with Crippen molar-refractivity contribution in [3.63, 3.8) is 0 Å². The number of halogens is 1. The van der Waals surface area contributed by atoms with E-state index in [4.69, 9.17) is 11.6 Å². The van der Waals surface area contributed by atoms with Crippen molar-refractivity contribution >= 4 is 29.0 Å². The summed E-state index contributed by atoms with van der Waals surface area (Å²) in [6, 6.07) is 24.7. The molecule has 0 aliphatic heterocycles. The van der Waals surface area contributed by atoms with Crippen LogP contribution in [-0.2, 0) is 11.2 Å².